The normalized spacial score (nSPS) is 10.9. The molecule has 14 heavy (non-hydrogen) atoms. The number of rotatable bonds is 6. The average molecular weight is 198 g/mol. The lowest BCUT2D eigenvalue weighted by Gasteiger charge is -1.98. The van der Waals surface area contributed by atoms with Crippen LogP contribution >= 0.6 is 0 Å². The van der Waals surface area contributed by atoms with Crippen molar-refractivity contribution in [2.24, 2.45) is 5.92 Å². The van der Waals surface area contributed by atoms with Crippen molar-refractivity contribution in [3.63, 3.8) is 0 Å². The molecule has 0 unspecified atom stereocenters. The molecule has 0 saturated carbocycles. The molecule has 0 radical (unpaired) electrons. The van der Waals surface area contributed by atoms with Crippen molar-refractivity contribution < 1.29 is 14.3 Å². The van der Waals surface area contributed by atoms with E-state index in [0.717, 1.165) is 0 Å². The van der Waals surface area contributed by atoms with Gasteiger partial charge in [0.2, 0.25) is 0 Å². The second-order valence-corrected chi connectivity index (χ2v) is 3.30. The number of carbonyl (C=O) groups excluding carboxylic acids is 2. The highest BCUT2D eigenvalue weighted by Gasteiger charge is 2.02. The lowest BCUT2D eigenvalue weighted by atomic mass is 10.1. The van der Waals surface area contributed by atoms with Gasteiger partial charge in [-0.25, -0.2) is 0 Å². The van der Waals surface area contributed by atoms with Crippen molar-refractivity contribution in [2.75, 3.05) is 6.61 Å². The summed E-state index contributed by atoms with van der Waals surface area (Å²) in [5, 5.41) is 0. The highest BCUT2D eigenvalue weighted by Crippen LogP contribution is 1.99. The third kappa shape index (κ3) is 6.40. The van der Waals surface area contributed by atoms with Crippen molar-refractivity contribution in [2.45, 2.75) is 33.6 Å². The Balaban J connectivity index is 3.63. The molecular formula is C11H18O3. The van der Waals surface area contributed by atoms with E-state index in [-0.39, 0.29) is 17.7 Å². The number of esters is 1. The standard InChI is InChI=1S/C11H18O3/c1-4-14-11(13)8-6-5-7-10(12)9(2)3/h5,7,9H,4,6,8H2,1-3H3/b7-5+. The van der Waals surface area contributed by atoms with E-state index in [2.05, 4.69) is 0 Å². The molecule has 0 aromatic rings. The van der Waals surface area contributed by atoms with Crippen molar-refractivity contribution in [1.82, 2.24) is 0 Å². The molecule has 0 atom stereocenters. The molecule has 0 aliphatic heterocycles. The summed E-state index contributed by atoms with van der Waals surface area (Å²) >= 11 is 0. The van der Waals surface area contributed by atoms with Crippen LogP contribution in [0.15, 0.2) is 12.2 Å². The lowest BCUT2D eigenvalue weighted by Crippen LogP contribution is -2.04. The Morgan fingerprint density at radius 1 is 1.36 bits per heavy atom. The Morgan fingerprint density at radius 3 is 2.50 bits per heavy atom. The Kier molecular flexibility index (Phi) is 6.72. The first-order chi connectivity index (χ1) is 6.57. The average Bonchev–Trinajstić information content (AvgIpc) is 2.12. The molecule has 0 heterocycles. The molecule has 3 nitrogen and oxygen atoms in total. The smallest absolute Gasteiger partial charge is 0.306 e. The summed E-state index contributed by atoms with van der Waals surface area (Å²) < 4.78 is 4.74. The van der Waals surface area contributed by atoms with Gasteiger partial charge in [-0.15, -0.1) is 0 Å². The van der Waals surface area contributed by atoms with Crippen molar-refractivity contribution in [1.29, 1.82) is 0 Å². The topological polar surface area (TPSA) is 43.4 Å². The summed E-state index contributed by atoms with van der Waals surface area (Å²) in [6.45, 7) is 5.87. The highest BCUT2D eigenvalue weighted by atomic mass is 16.5. The Labute approximate surface area is 85.1 Å². The van der Waals surface area contributed by atoms with Crippen LogP contribution in [0.2, 0.25) is 0 Å². The van der Waals surface area contributed by atoms with Gasteiger partial charge in [0.05, 0.1) is 6.61 Å². The summed E-state index contributed by atoms with van der Waals surface area (Å²) in [5.41, 5.74) is 0. The van der Waals surface area contributed by atoms with Crippen LogP contribution in [0.3, 0.4) is 0 Å². The number of carbonyl (C=O) groups is 2. The molecule has 0 bridgehead atoms. The molecule has 0 aromatic carbocycles. The van der Waals surface area contributed by atoms with Gasteiger partial charge in [0.25, 0.3) is 0 Å². The summed E-state index contributed by atoms with van der Waals surface area (Å²) in [6, 6.07) is 0. The van der Waals surface area contributed by atoms with Gasteiger partial charge in [0.1, 0.15) is 0 Å². The van der Waals surface area contributed by atoms with E-state index < -0.39 is 0 Å². The van der Waals surface area contributed by atoms with Crippen LogP contribution in [0.4, 0.5) is 0 Å². The molecule has 3 heteroatoms. The summed E-state index contributed by atoms with van der Waals surface area (Å²) in [5.74, 6) is -0.100. The third-order valence-corrected chi connectivity index (χ3v) is 1.67. The molecule has 0 spiro atoms. The van der Waals surface area contributed by atoms with E-state index in [0.29, 0.717) is 19.4 Å². The molecule has 0 aliphatic rings. The second kappa shape index (κ2) is 7.30. The number of hydrogen-bond acceptors (Lipinski definition) is 3. The van der Waals surface area contributed by atoms with E-state index in [1.54, 1.807) is 13.0 Å². The highest BCUT2D eigenvalue weighted by molar-refractivity contribution is 5.91. The van der Waals surface area contributed by atoms with Crippen molar-refractivity contribution in [3.8, 4) is 0 Å². The first kappa shape index (κ1) is 12.9. The van der Waals surface area contributed by atoms with Gasteiger partial charge in [-0.3, -0.25) is 9.59 Å². The van der Waals surface area contributed by atoms with E-state index in [9.17, 15) is 9.59 Å². The van der Waals surface area contributed by atoms with Crippen LogP contribution in [-0.2, 0) is 14.3 Å². The SMILES string of the molecule is CCOC(=O)CC/C=C/C(=O)C(C)C. The minimum Gasteiger partial charge on any atom is -0.466 e. The quantitative estimate of drug-likeness (QED) is 0.485. The van der Waals surface area contributed by atoms with Crippen LogP contribution in [0.5, 0.6) is 0 Å². The van der Waals surface area contributed by atoms with Gasteiger partial charge >= 0.3 is 5.97 Å². The monoisotopic (exact) mass is 198 g/mol. The summed E-state index contributed by atoms with van der Waals surface area (Å²) in [7, 11) is 0. The van der Waals surface area contributed by atoms with Crippen molar-refractivity contribution in [3.05, 3.63) is 12.2 Å². The molecule has 0 aliphatic carbocycles. The van der Waals surface area contributed by atoms with Crippen LogP contribution < -0.4 is 0 Å². The molecule has 0 N–H and O–H groups in total. The molecule has 0 rings (SSSR count). The van der Waals surface area contributed by atoms with Crippen LogP contribution in [0, 0.1) is 5.92 Å². The molecule has 0 amide bonds. The fourth-order valence-electron chi connectivity index (χ4n) is 0.826. The number of ketones is 1. The maximum absolute atomic E-state index is 11.1. The molecule has 0 saturated heterocycles. The number of ether oxygens (including phenoxy) is 1. The van der Waals surface area contributed by atoms with E-state index in [1.807, 2.05) is 13.8 Å². The Morgan fingerprint density at radius 2 is 2.00 bits per heavy atom. The van der Waals surface area contributed by atoms with Gasteiger partial charge in [-0.2, -0.15) is 0 Å². The first-order valence-electron chi connectivity index (χ1n) is 4.94. The fraction of sp³-hybridized carbons (Fsp3) is 0.636. The number of hydrogen-bond donors (Lipinski definition) is 0. The minimum absolute atomic E-state index is 0.0221. The molecular weight excluding hydrogens is 180 g/mol. The molecule has 80 valence electrons. The predicted octanol–water partition coefficient (Wildman–Crippen LogP) is 2.11. The zero-order valence-electron chi connectivity index (χ0n) is 9.08. The van der Waals surface area contributed by atoms with Crippen LogP contribution in [0.25, 0.3) is 0 Å². The van der Waals surface area contributed by atoms with Gasteiger partial charge in [-0.1, -0.05) is 19.9 Å². The van der Waals surface area contributed by atoms with Crippen molar-refractivity contribution >= 4 is 11.8 Å². The Bertz CT molecular complexity index is 217. The van der Waals surface area contributed by atoms with Crippen LogP contribution in [0.1, 0.15) is 33.6 Å². The largest absolute Gasteiger partial charge is 0.466 e. The maximum atomic E-state index is 11.1. The molecule has 0 fully saturated rings. The predicted molar refractivity (Wildman–Crippen MR) is 54.9 cm³/mol. The summed E-state index contributed by atoms with van der Waals surface area (Å²) in [4.78, 5) is 22.0. The van der Waals surface area contributed by atoms with Gasteiger partial charge in [0, 0.05) is 12.3 Å². The zero-order chi connectivity index (χ0) is 11.0. The van der Waals surface area contributed by atoms with E-state index >= 15 is 0 Å². The van der Waals surface area contributed by atoms with Gasteiger partial charge in [-0.05, 0) is 19.4 Å². The van der Waals surface area contributed by atoms with E-state index in [4.69, 9.17) is 4.74 Å². The van der Waals surface area contributed by atoms with Gasteiger partial charge < -0.3 is 4.74 Å². The van der Waals surface area contributed by atoms with E-state index in [1.165, 1.54) is 6.08 Å². The maximum Gasteiger partial charge on any atom is 0.306 e. The fourth-order valence-corrected chi connectivity index (χ4v) is 0.826. The second-order valence-electron chi connectivity index (χ2n) is 3.30. The third-order valence-electron chi connectivity index (χ3n) is 1.67. The number of allylic oxidation sites excluding steroid dienone is 2. The zero-order valence-corrected chi connectivity index (χ0v) is 9.08. The van der Waals surface area contributed by atoms with Crippen LogP contribution in [-0.4, -0.2) is 18.4 Å². The Hall–Kier alpha value is -1.12. The first-order valence-corrected chi connectivity index (χ1v) is 4.94. The van der Waals surface area contributed by atoms with Gasteiger partial charge in [0.15, 0.2) is 5.78 Å². The molecule has 0 aromatic heterocycles. The summed E-state index contributed by atoms with van der Waals surface area (Å²) in [6.07, 6.45) is 4.16. The minimum atomic E-state index is -0.214. The lowest BCUT2D eigenvalue weighted by molar-refractivity contribution is -0.143.